The van der Waals surface area contributed by atoms with Crippen LogP contribution in [0.2, 0.25) is 0 Å². The summed E-state index contributed by atoms with van der Waals surface area (Å²) in [6.07, 6.45) is 1.14. The predicted molar refractivity (Wildman–Crippen MR) is 65.3 cm³/mol. The Morgan fingerprint density at radius 3 is 3.00 bits per heavy atom. The molecule has 0 aliphatic carbocycles. The highest BCUT2D eigenvalue weighted by molar-refractivity contribution is 6.05. The third-order valence-electron chi connectivity index (χ3n) is 3.08. The van der Waals surface area contributed by atoms with Crippen molar-refractivity contribution in [2.75, 3.05) is 11.4 Å². The maximum Gasteiger partial charge on any atom is 0.248 e. The molecule has 4 nitrogen and oxygen atoms in total. The van der Waals surface area contributed by atoms with E-state index in [9.17, 15) is 4.79 Å². The molecule has 0 bridgehead atoms. The second-order valence-electron chi connectivity index (χ2n) is 4.24. The topological polar surface area (TPSA) is 70.1 Å². The first-order valence-corrected chi connectivity index (χ1v) is 5.70. The molecule has 2 N–H and O–H groups in total. The SMILES string of the molecule is Cc1cccc2c1N(CCCC#N)C(=O)C2N. The second kappa shape index (κ2) is 4.56. The average molecular weight is 229 g/mol. The number of carbonyl (C=O) groups is 1. The Hall–Kier alpha value is -1.86. The molecule has 0 fully saturated rings. The van der Waals surface area contributed by atoms with Crippen LogP contribution in [0, 0.1) is 18.3 Å². The van der Waals surface area contributed by atoms with Crippen molar-refractivity contribution >= 4 is 11.6 Å². The van der Waals surface area contributed by atoms with Gasteiger partial charge in [0.2, 0.25) is 5.91 Å². The number of carbonyl (C=O) groups excluding carboxylic acids is 1. The average Bonchev–Trinajstić information content (AvgIpc) is 2.56. The molecule has 4 heteroatoms. The van der Waals surface area contributed by atoms with Gasteiger partial charge in [0.05, 0.1) is 11.8 Å². The maximum atomic E-state index is 12.0. The van der Waals surface area contributed by atoms with E-state index in [0.717, 1.165) is 16.8 Å². The van der Waals surface area contributed by atoms with E-state index in [1.165, 1.54) is 0 Å². The number of amides is 1. The minimum Gasteiger partial charge on any atom is -0.316 e. The Morgan fingerprint density at radius 1 is 1.53 bits per heavy atom. The zero-order valence-electron chi connectivity index (χ0n) is 9.81. The van der Waals surface area contributed by atoms with E-state index in [1.54, 1.807) is 4.90 Å². The molecule has 17 heavy (non-hydrogen) atoms. The first kappa shape index (κ1) is 11.6. The fourth-order valence-corrected chi connectivity index (χ4v) is 2.25. The minimum atomic E-state index is -0.549. The van der Waals surface area contributed by atoms with Gasteiger partial charge in [-0.1, -0.05) is 18.2 Å². The van der Waals surface area contributed by atoms with Crippen LogP contribution in [0.4, 0.5) is 5.69 Å². The van der Waals surface area contributed by atoms with Gasteiger partial charge in [0.1, 0.15) is 6.04 Å². The lowest BCUT2D eigenvalue weighted by molar-refractivity contribution is -0.119. The van der Waals surface area contributed by atoms with Crippen molar-refractivity contribution in [3.8, 4) is 6.07 Å². The van der Waals surface area contributed by atoms with Gasteiger partial charge in [-0.05, 0) is 18.9 Å². The zero-order valence-corrected chi connectivity index (χ0v) is 9.81. The Kier molecular flexibility index (Phi) is 3.12. The molecule has 1 aromatic rings. The Labute approximate surface area is 101 Å². The molecule has 1 heterocycles. The number of aryl methyl sites for hydroxylation is 1. The summed E-state index contributed by atoms with van der Waals surface area (Å²) in [6.45, 7) is 2.54. The number of para-hydroxylation sites is 1. The summed E-state index contributed by atoms with van der Waals surface area (Å²) in [4.78, 5) is 13.7. The summed E-state index contributed by atoms with van der Waals surface area (Å²) in [5, 5.41) is 8.53. The smallest absolute Gasteiger partial charge is 0.248 e. The van der Waals surface area contributed by atoms with E-state index < -0.39 is 6.04 Å². The Morgan fingerprint density at radius 2 is 2.29 bits per heavy atom. The van der Waals surface area contributed by atoms with Crippen LogP contribution in [0.5, 0.6) is 0 Å². The summed E-state index contributed by atoms with van der Waals surface area (Å²) >= 11 is 0. The Balaban J connectivity index is 2.30. The molecule has 0 saturated carbocycles. The fraction of sp³-hybridized carbons (Fsp3) is 0.385. The van der Waals surface area contributed by atoms with E-state index in [1.807, 2.05) is 25.1 Å². The second-order valence-corrected chi connectivity index (χ2v) is 4.24. The zero-order chi connectivity index (χ0) is 12.4. The number of nitriles is 1. The van der Waals surface area contributed by atoms with Gasteiger partial charge < -0.3 is 10.6 Å². The third kappa shape index (κ3) is 1.90. The molecule has 1 unspecified atom stereocenters. The number of rotatable bonds is 3. The normalized spacial score (nSPS) is 18.1. The van der Waals surface area contributed by atoms with Crippen molar-refractivity contribution in [3.05, 3.63) is 29.3 Å². The molecule has 0 aromatic heterocycles. The third-order valence-corrected chi connectivity index (χ3v) is 3.08. The first-order valence-electron chi connectivity index (χ1n) is 5.70. The van der Waals surface area contributed by atoms with Crippen LogP contribution < -0.4 is 10.6 Å². The van der Waals surface area contributed by atoms with E-state index in [0.29, 0.717) is 19.4 Å². The molecule has 1 aliphatic rings. The van der Waals surface area contributed by atoms with E-state index in [-0.39, 0.29) is 5.91 Å². The van der Waals surface area contributed by atoms with Crippen molar-refractivity contribution in [1.82, 2.24) is 0 Å². The van der Waals surface area contributed by atoms with Crippen LogP contribution in [0.1, 0.15) is 30.0 Å². The monoisotopic (exact) mass is 229 g/mol. The van der Waals surface area contributed by atoms with Gasteiger partial charge in [-0.15, -0.1) is 0 Å². The van der Waals surface area contributed by atoms with E-state index in [4.69, 9.17) is 11.0 Å². The van der Waals surface area contributed by atoms with Gasteiger partial charge in [-0.3, -0.25) is 4.79 Å². The molecule has 1 atom stereocenters. The van der Waals surface area contributed by atoms with Crippen LogP contribution in [0.25, 0.3) is 0 Å². The highest BCUT2D eigenvalue weighted by Crippen LogP contribution is 2.37. The quantitative estimate of drug-likeness (QED) is 0.801. The summed E-state index contributed by atoms with van der Waals surface area (Å²) in [6, 6.07) is 7.33. The lowest BCUT2D eigenvalue weighted by Crippen LogP contribution is -2.32. The van der Waals surface area contributed by atoms with Crippen molar-refractivity contribution in [3.63, 3.8) is 0 Å². The number of nitrogens with two attached hydrogens (primary N) is 1. The van der Waals surface area contributed by atoms with Crippen molar-refractivity contribution in [1.29, 1.82) is 5.26 Å². The van der Waals surface area contributed by atoms with Crippen molar-refractivity contribution in [2.45, 2.75) is 25.8 Å². The molecular formula is C13H15N3O. The van der Waals surface area contributed by atoms with Gasteiger partial charge in [-0.2, -0.15) is 5.26 Å². The number of benzene rings is 1. The number of hydrogen-bond acceptors (Lipinski definition) is 3. The maximum absolute atomic E-state index is 12.0. The van der Waals surface area contributed by atoms with Gasteiger partial charge in [0, 0.05) is 18.5 Å². The minimum absolute atomic E-state index is 0.0627. The van der Waals surface area contributed by atoms with Crippen molar-refractivity contribution < 1.29 is 4.79 Å². The van der Waals surface area contributed by atoms with Crippen LogP contribution in [-0.4, -0.2) is 12.5 Å². The molecule has 0 saturated heterocycles. The Bertz CT molecular complexity index is 490. The van der Waals surface area contributed by atoms with E-state index >= 15 is 0 Å². The molecule has 1 aliphatic heterocycles. The summed E-state index contributed by atoms with van der Waals surface area (Å²) in [5.74, 6) is -0.0627. The molecule has 1 aromatic carbocycles. The van der Waals surface area contributed by atoms with Gasteiger partial charge >= 0.3 is 0 Å². The lowest BCUT2D eigenvalue weighted by atomic mass is 10.1. The van der Waals surface area contributed by atoms with Gasteiger partial charge in [0.15, 0.2) is 0 Å². The molecule has 1 amide bonds. The highest BCUT2D eigenvalue weighted by Gasteiger charge is 2.35. The predicted octanol–water partition coefficient (Wildman–Crippen LogP) is 1.65. The number of hydrogen-bond donors (Lipinski definition) is 1. The molecule has 2 rings (SSSR count). The number of anilines is 1. The molecular weight excluding hydrogens is 214 g/mol. The first-order chi connectivity index (χ1) is 8.16. The largest absolute Gasteiger partial charge is 0.316 e. The van der Waals surface area contributed by atoms with Gasteiger partial charge in [0.25, 0.3) is 0 Å². The molecule has 0 spiro atoms. The number of nitrogens with zero attached hydrogens (tertiary/aromatic N) is 2. The standard InChI is InChI=1S/C13H15N3O/c1-9-5-4-6-10-11(15)13(17)16(12(9)10)8-3-2-7-14/h4-6,11H,2-3,8,15H2,1H3. The number of unbranched alkanes of at least 4 members (excludes halogenated alkanes) is 1. The lowest BCUT2D eigenvalue weighted by Gasteiger charge is -2.18. The van der Waals surface area contributed by atoms with Crippen LogP contribution in [-0.2, 0) is 4.79 Å². The summed E-state index contributed by atoms with van der Waals surface area (Å²) in [7, 11) is 0. The summed E-state index contributed by atoms with van der Waals surface area (Å²) < 4.78 is 0. The highest BCUT2D eigenvalue weighted by atomic mass is 16.2. The van der Waals surface area contributed by atoms with Gasteiger partial charge in [-0.25, -0.2) is 0 Å². The van der Waals surface area contributed by atoms with Crippen LogP contribution in [0.3, 0.4) is 0 Å². The molecule has 88 valence electrons. The van der Waals surface area contributed by atoms with Crippen LogP contribution in [0.15, 0.2) is 18.2 Å². The van der Waals surface area contributed by atoms with Crippen molar-refractivity contribution in [2.24, 2.45) is 5.73 Å². The van der Waals surface area contributed by atoms with Crippen LogP contribution >= 0.6 is 0 Å². The number of fused-ring (bicyclic) bond motifs is 1. The van der Waals surface area contributed by atoms with E-state index in [2.05, 4.69) is 6.07 Å². The summed E-state index contributed by atoms with van der Waals surface area (Å²) in [5.41, 5.74) is 8.78. The molecule has 0 radical (unpaired) electrons. The fourth-order valence-electron chi connectivity index (χ4n) is 2.25.